The summed E-state index contributed by atoms with van der Waals surface area (Å²) in [5.74, 6) is 0.0428. The molecule has 3 heterocycles. The first-order valence-corrected chi connectivity index (χ1v) is 7.68. The largest absolute Gasteiger partial charge is 0.339 e. The molecule has 0 atom stereocenters. The standard InChI is InChI=1S/C15H20ClN3O.2ClH/c16-13-11-18-6-1-12(13)14(20)19-9-4-15(5-10-19)2-7-17-8-3-15;;/h1,6,11,17H,2-5,7-10H2;2*1H. The zero-order chi connectivity index (χ0) is 14.0. The van der Waals surface area contributed by atoms with Crippen molar-refractivity contribution < 1.29 is 4.79 Å². The Labute approximate surface area is 148 Å². The van der Waals surface area contributed by atoms with Crippen molar-refractivity contribution in [2.75, 3.05) is 26.2 Å². The lowest BCUT2D eigenvalue weighted by molar-refractivity contribution is 0.0496. The van der Waals surface area contributed by atoms with Gasteiger partial charge in [0.15, 0.2) is 0 Å². The van der Waals surface area contributed by atoms with Gasteiger partial charge in [-0.15, -0.1) is 24.8 Å². The van der Waals surface area contributed by atoms with E-state index in [1.807, 2.05) is 4.90 Å². The molecule has 0 aromatic carbocycles. The van der Waals surface area contributed by atoms with E-state index in [0.29, 0.717) is 16.0 Å². The highest BCUT2D eigenvalue weighted by Crippen LogP contribution is 2.39. The number of pyridine rings is 1. The van der Waals surface area contributed by atoms with E-state index in [1.54, 1.807) is 12.3 Å². The maximum absolute atomic E-state index is 12.5. The van der Waals surface area contributed by atoms with Gasteiger partial charge in [-0.2, -0.15) is 0 Å². The minimum Gasteiger partial charge on any atom is -0.339 e. The maximum atomic E-state index is 12.5. The Morgan fingerprint density at radius 1 is 1.18 bits per heavy atom. The summed E-state index contributed by atoms with van der Waals surface area (Å²) >= 11 is 6.06. The van der Waals surface area contributed by atoms with Crippen LogP contribution < -0.4 is 5.32 Å². The topological polar surface area (TPSA) is 45.2 Å². The molecule has 0 unspecified atom stereocenters. The number of aromatic nitrogens is 1. The second-order valence-electron chi connectivity index (χ2n) is 5.90. The zero-order valence-corrected chi connectivity index (χ0v) is 14.8. The van der Waals surface area contributed by atoms with E-state index < -0.39 is 0 Å². The van der Waals surface area contributed by atoms with Gasteiger partial charge in [0.1, 0.15) is 0 Å². The molecule has 4 nitrogen and oxygen atoms in total. The number of carbonyl (C=O) groups excluding carboxylic acids is 1. The van der Waals surface area contributed by atoms with Crippen molar-refractivity contribution in [3.05, 3.63) is 29.0 Å². The molecule has 1 spiro atoms. The van der Waals surface area contributed by atoms with E-state index >= 15 is 0 Å². The summed E-state index contributed by atoms with van der Waals surface area (Å²) in [6, 6.07) is 1.71. The molecule has 124 valence electrons. The Morgan fingerprint density at radius 2 is 1.82 bits per heavy atom. The number of amides is 1. The highest BCUT2D eigenvalue weighted by molar-refractivity contribution is 6.33. The van der Waals surface area contributed by atoms with Gasteiger partial charge in [0, 0.05) is 25.5 Å². The number of likely N-dealkylation sites (tertiary alicyclic amines) is 1. The van der Waals surface area contributed by atoms with Crippen LogP contribution in [-0.2, 0) is 0 Å². The molecule has 1 N–H and O–H groups in total. The van der Waals surface area contributed by atoms with Crippen LogP contribution in [0.25, 0.3) is 0 Å². The molecule has 3 rings (SSSR count). The van der Waals surface area contributed by atoms with Gasteiger partial charge in [0.2, 0.25) is 0 Å². The van der Waals surface area contributed by atoms with Crippen molar-refractivity contribution in [2.24, 2.45) is 5.41 Å². The number of halogens is 3. The monoisotopic (exact) mass is 365 g/mol. The number of hydrogen-bond donors (Lipinski definition) is 1. The van der Waals surface area contributed by atoms with Gasteiger partial charge >= 0.3 is 0 Å². The lowest BCUT2D eigenvalue weighted by Crippen LogP contribution is -2.47. The summed E-state index contributed by atoms with van der Waals surface area (Å²) in [6.45, 7) is 3.92. The van der Waals surface area contributed by atoms with Crippen molar-refractivity contribution in [2.45, 2.75) is 25.7 Å². The summed E-state index contributed by atoms with van der Waals surface area (Å²) in [5, 5.41) is 3.86. The molecule has 2 saturated heterocycles. The van der Waals surface area contributed by atoms with Gasteiger partial charge in [-0.05, 0) is 50.3 Å². The van der Waals surface area contributed by atoms with Crippen LogP contribution in [0.15, 0.2) is 18.5 Å². The molecule has 0 bridgehead atoms. The van der Waals surface area contributed by atoms with E-state index in [-0.39, 0.29) is 30.7 Å². The molecule has 1 aromatic rings. The van der Waals surface area contributed by atoms with Gasteiger partial charge < -0.3 is 10.2 Å². The molecule has 7 heteroatoms. The Kier molecular flexibility index (Phi) is 7.39. The Balaban J connectivity index is 0.00000121. The molecule has 2 aliphatic rings. The van der Waals surface area contributed by atoms with Gasteiger partial charge in [-0.1, -0.05) is 11.6 Å². The van der Waals surface area contributed by atoms with Crippen molar-refractivity contribution in [1.82, 2.24) is 15.2 Å². The Hall–Kier alpha value is -0.550. The first-order chi connectivity index (χ1) is 9.70. The van der Waals surface area contributed by atoms with Crippen LogP contribution >= 0.6 is 36.4 Å². The van der Waals surface area contributed by atoms with Gasteiger partial charge in [0.05, 0.1) is 10.6 Å². The molecule has 0 saturated carbocycles. The first-order valence-electron chi connectivity index (χ1n) is 7.30. The van der Waals surface area contributed by atoms with Crippen molar-refractivity contribution in [3.8, 4) is 0 Å². The maximum Gasteiger partial charge on any atom is 0.255 e. The van der Waals surface area contributed by atoms with Crippen molar-refractivity contribution >= 4 is 42.3 Å². The molecule has 1 amide bonds. The quantitative estimate of drug-likeness (QED) is 0.830. The first kappa shape index (κ1) is 19.5. The average Bonchev–Trinajstić information content (AvgIpc) is 2.49. The Bertz CT molecular complexity index is 497. The van der Waals surface area contributed by atoms with Gasteiger partial charge in [-0.25, -0.2) is 0 Å². The molecule has 2 fully saturated rings. The van der Waals surface area contributed by atoms with Crippen LogP contribution in [0, 0.1) is 5.41 Å². The third-order valence-electron chi connectivity index (χ3n) is 4.78. The molecule has 2 aliphatic heterocycles. The summed E-state index contributed by atoms with van der Waals surface area (Å²) in [5.41, 5.74) is 1.03. The normalized spacial score (nSPS) is 20.0. The highest BCUT2D eigenvalue weighted by atomic mass is 35.5. The third kappa shape index (κ3) is 4.05. The third-order valence-corrected chi connectivity index (χ3v) is 5.08. The lowest BCUT2D eigenvalue weighted by Gasteiger charge is -2.44. The predicted octanol–water partition coefficient (Wildman–Crippen LogP) is 3.18. The van der Waals surface area contributed by atoms with E-state index in [0.717, 1.165) is 39.0 Å². The number of nitrogens with one attached hydrogen (secondary N) is 1. The Morgan fingerprint density at radius 3 is 2.41 bits per heavy atom. The number of piperidine rings is 2. The van der Waals surface area contributed by atoms with Crippen LogP contribution in [-0.4, -0.2) is 42.0 Å². The zero-order valence-electron chi connectivity index (χ0n) is 12.4. The number of carbonyl (C=O) groups is 1. The fourth-order valence-electron chi connectivity index (χ4n) is 3.36. The minimum atomic E-state index is 0. The summed E-state index contributed by atoms with van der Waals surface area (Å²) in [4.78, 5) is 18.4. The minimum absolute atomic E-state index is 0. The molecule has 1 aromatic heterocycles. The summed E-state index contributed by atoms with van der Waals surface area (Å²) in [7, 11) is 0. The second kappa shape index (κ2) is 8.34. The van der Waals surface area contributed by atoms with Gasteiger partial charge in [0.25, 0.3) is 5.91 Å². The van der Waals surface area contributed by atoms with E-state index in [1.165, 1.54) is 19.0 Å². The SMILES string of the molecule is Cl.Cl.O=C(c1ccncc1Cl)N1CCC2(CCNCC2)CC1. The van der Waals surface area contributed by atoms with Crippen LogP contribution in [0.1, 0.15) is 36.0 Å². The molecule has 0 radical (unpaired) electrons. The number of nitrogens with zero attached hydrogens (tertiary/aromatic N) is 2. The average molecular weight is 367 g/mol. The van der Waals surface area contributed by atoms with Crippen molar-refractivity contribution in [1.29, 1.82) is 0 Å². The lowest BCUT2D eigenvalue weighted by atomic mass is 9.71. The molecule has 22 heavy (non-hydrogen) atoms. The fourth-order valence-corrected chi connectivity index (χ4v) is 3.56. The van der Waals surface area contributed by atoms with E-state index in [4.69, 9.17) is 11.6 Å². The smallest absolute Gasteiger partial charge is 0.255 e. The van der Waals surface area contributed by atoms with E-state index in [2.05, 4.69) is 10.3 Å². The van der Waals surface area contributed by atoms with Crippen molar-refractivity contribution in [3.63, 3.8) is 0 Å². The molecular weight excluding hydrogens is 345 g/mol. The van der Waals surface area contributed by atoms with Crippen LogP contribution in [0.2, 0.25) is 5.02 Å². The molecular formula is C15H22Cl3N3O. The predicted molar refractivity (Wildman–Crippen MR) is 93.4 cm³/mol. The van der Waals surface area contributed by atoms with Crippen LogP contribution in [0.3, 0.4) is 0 Å². The van der Waals surface area contributed by atoms with Crippen LogP contribution in [0.5, 0.6) is 0 Å². The van der Waals surface area contributed by atoms with Crippen LogP contribution in [0.4, 0.5) is 0 Å². The second-order valence-corrected chi connectivity index (χ2v) is 6.30. The molecule has 0 aliphatic carbocycles. The summed E-state index contributed by atoms with van der Waals surface area (Å²) in [6.07, 6.45) is 7.87. The summed E-state index contributed by atoms with van der Waals surface area (Å²) < 4.78 is 0. The fraction of sp³-hybridized carbons (Fsp3) is 0.600. The highest BCUT2D eigenvalue weighted by Gasteiger charge is 2.37. The van der Waals surface area contributed by atoms with E-state index in [9.17, 15) is 4.79 Å². The number of hydrogen-bond acceptors (Lipinski definition) is 3. The van der Waals surface area contributed by atoms with Gasteiger partial charge in [-0.3, -0.25) is 9.78 Å². The number of rotatable bonds is 1.